The van der Waals surface area contributed by atoms with Crippen LogP contribution in [0.15, 0.2) is 0 Å². The van der Waals surface area contributed by atoms with Gasteiger partial charge in [0.05, 0.1) is 9.48 Å². The molecule has 0 aromatic rings. The summed E-state index contributed by atoms with van der Waals surface area (Å²) in [5.41, 5.74) is 1.24. The Morgan fingerprint density at radius 3 is 1.73 bits per heavy atom. The van der Waals surface area contributed by atoms with Crippen LogP contribution in [0.3, 0.4) is 0 Å². The molecule has 0 aliphatic carbocycles. The SMILES string of the molecule is CN(C)C(=PC(=S)S[Si](C)(C)C)N(C)C. The van der Waals surface area contributed by atoms with E-state index in [4.69, 9.17) is 12.2 Å². The normalized spacial score (nSPS) is 12.6. The summed E-state index contributed by atoms with van der Waals surface area (Å²) < 4.78 is 1.09. The molecular weight excluding hydrogens is 259 g/mol. The van der Waals surface area contributed by atoms with Crippen LogP contribution in [0.4, 0.5) is 0 Å². The fourth-order valence-corrected chi connectivity index (χ4v) is 9.42. The molecule has 0 atom stereocenters. The van der Waals surface area contributed by atoms with Gasteiger partial charge < -0.3 is 0 Å². The fraction of sp³-hybridized carbons (Fsp3) is 0.778. The monoisotopic (exact) mass is 280 g/mol. The molecule has 0 radical (unpaired) electrons. The zero-order valence-corrected chi connectivity index (χ0v) is 14.2. The molecule has 0 aliphatic heterocycles. The molecule has 0 saturated carbocycles. The Morgan fingerprint density at radius 2 is 1.47 bits per heavy atom. The lowest BCUT2D eigenvalue weighted by atomic mass is 10.8. The van der Waals surface area contributed by atoms with Crippen LogP contribution in [0.5, 0.6) is 0 Å². The van der Waals surface area contributed by atoms with Crippen molar-refractivity contribution in [2.75, 3.05) is 28.2 Å². The Bertz CT molecular complexity index is 249. The number of rotatable bonds is 4. The smallest absolute Gasteiger partial charge is 0.116 e. The first kappa shape index (κ1) is 15.7. The Labute approximate surface area is 106 Å². The molecule has 0 amide bonds. The first-order valence-electron chi connectivity index (χ1n) is 4.80. The van der Waals surface area contributed by atoms with Crippen molar-refractivity contribution in [3.63, 3.8) is 0 Å². The van der Waals surface area contributed by atoms with Crippen molar-refractivity contribution in [2.45, 2.75) is 19.6 Å². The molecule has 0 saturated heterocycles. The Balaban J connectivity index is 4.63. The molecule has 0 heterocycles. The van der Waals surface area contributed by atoms with E-state index >= 15 is 0 Å². The largest absolute Gasteiger partial charge is 0.268 e. The van der Waals surface area contributed by atoms with Crippen LogP contribution in [0.2, 0.25) is 19.6 Å². The topological polar surface area (TPSA) is 6.48 Å². The third kappa shape index (κ3) is 7.61. The lowest BCUT2D eigenvalue weighted by Crippen LogP contribution is -2.34. The van der Waals surface area contributed by atoms with Gasteiger partial charge in [0.1, 0.15) is 7.22 Å². The van der Waals surface area contributed by atoms with Crippen molar-refractivity contribution in [1.29, 1.82) is 0 Å². The zero-order chi connectivity index (χ0) is 12.2. The molecule has 0 fully saturated rings. The highest BCUT2D eigenvalue weighted by Crippen LogP contribution is 2.27. The van der Waals surface area contributed by atoms with Crippen LogP contribution in [-0.4, -0.2) is 54.7 Å². The van der Waals surface area contributed by atoms with Gasteiger partial charge in [-0.05, 0) is 36.4 Å². The van der Waals surface area contributed by atoms with Gasteiger partial charge in [-0.3, -0.25) is 9.80 Å². The first-order valence-corrected chi connectivity index (χ1v) is 11.1. The second-order valence-electron chi connectivity index (χ2n) is 4.68. The molecule has 0 unspecified atom stereocenters. The summed E-state index contributed by atoms with van der Waals surface area (Å²) in [5.74, 6) is 0. The van der Waals surface area contributed by atoms with E-state index in [2.05, 4.69) is 57.6 Å². The third-order valence-electron chi connectivity index (χ3n) is 1.38. The molecule has 0 aliphatic rings. The highest BCUT2D eigenvalue weighted by atomic mass is 32.4. The lowest BCUT2D eigenvalue weighted by Gasteiger charge is -2.21. The van der Waals surface area contributed by atoms with Gasteiger partial charge in [0.2, 0.25) is 0 Å². The first-order chi connectivity index (χ1) is 6.63. The van der Waals surface area contributed by atoms with E-state index in [0.717, 1.165) is 12.1 Å². The van der Waals surface area contributed by atoms with E-state index in [9.17, 15) is 0 Å². The van der Waals surface area contributed by atoms with Crippen molar-refractivity contribution >= 4 is 48.3 Å². The van der Waals surface area contributed by atoms with Gasteiger partial charge >= 0.3 is 0 Å². The molecule has 0 N–H and O–H groups in total. The van der Waals surface area contributed by atoms with E-state index in [1.807, 2.05) is 11.2 Å². The quantitative estimate of drug-likeness (QED) is 0.443. The highest BCUT2D eigenvalue weighted by Gasteiger charge is 2.17. The molecule has 0 spiro atoms. The summed E-state index contributed by atoms with van der Waals surface area (Å²) in [5, 5.41) is 0. The maximum absolute atomic E-state index is 5.43. The predicted octanol–water partition coefficient (Wildman–Crippen LogP) is 3.00. The molecule has 0 rings (SSSR count). The van der Waals surface area contributed by atoms with Gasteiger partial charge in [0.15, 0.2) is 0 Å². The van der Waals surface area contributed by atoms with E-state index in [1.54, 1.807) is 0 Å². The van der Waals surface area contributed by atoms with Crippen LogP contribution < -0.4 is 0 Å². The lowest BCUT2D eigenvalue weighted by molar-refractivity contribution is 0.500. The minimum atomic E-state index is -1.14. The van der Waals surface area contributed by atoms with E-state index in [0.29, 0.717) is 0 Å². The maximum Gasteiger partial charge on any atom is 0.116 e. The van der Waals surface area contributed by atoms with Crippen LogP contribution in [0.1, 0.15) is 0 Å². The minimum absolute atomic E-state index is 1.09. The molecule has 0 aromatic carbocycles. The number of hydrogen-bond donors (Lipinski definition) is 0. The van der Waals surface area contributed by atoms with Crippen molar-refractivity contribution in [2.24, 2.45) is 0 Å². The summed E-state index contributed by atoms with van der Waals surface area (Å²) in [6, 6.07) is 0. The molecular formula is C9H21N2PS2Si. The fourth-order valence-electron chi connectivity index (χ4n) is 0.966. The second-order valence-corrected chi connectivity index (χ2v) is 16.1. The molecule has 0 bridgehead atoms. The summed E-state index contributed by atoms with van der Waals surface area (Å²) >= 11 is 7.33. The van der Waals surface area contributed by atoms with Crippen molar-refractivity contribution in [3.8, 4) is 0 Å². The van der Waals surface area contributed by atoms with Gasteiger partial charge in [-0.15, -0.1) is 11.2 Å². The Kier molecular flexibility index (Phi) is 6.80. The maximum atomic E-state index is 5.43. The average molecular weight is 280 g/mol. The van der Waals surface area contributed by atoms with Crippen molar-refractivity contribution in [1.82, 2.24) is 9.80 Å². The zero-order valence-electron chi connectivity index (χ0n) is 10.7. The van der Waals surface area contributed by atoms with Gasteiger partial charge in [0.25, 0.3) is 0 Å². The second kappa shape index (κ2) is 6.47. The number of nitrogens with zero attached hydrogens (tertiary/aromatic N) is 2. The number of thiocarbonyl (C=S) groups is 1. The van der Waals surface area contributed by atoms with Crippen LogP contribution in [-0.2, 0) is 0 Å². The van der Waals surface area contributed by atoms with E-state index < -0.39 is 7.22 Å². The van der Waals surface area contributed by atoms with Gasteiger partial charge in [-0.2, -0.15) is 0 Å². The van der Waals surface area contributed by atoms with Crippen LogP contribution in [0, 0.1) is 0 Å². The molecule has 6 heteroatoms. The van der Waals surface area contributed by atoms with Crippen LogP contribution >= 0.6 is 31.6 Å². The van der Waals surface area contributed by atoms with Crippen LogP contribution in [0.25, 0.3) is 0 Å². The van der Waals surface area contributed by atoms with Gasteiger partial charge in [-0.1, -0.05) is 31.9 Å². The molecule has 2 nitrogen and oxygen atoms in total. The number of hydrogen-bond acceptors (Lipinski definition) is 2. The van der Waals surface area contributed by atoms with Crippen molar-refractivity contribution in [3.05, 3.63) is 0 Å². The Hall–Kier alpha value is 0.747. The Morgan fingerprint density at radius 1 is 1.07 bits per heavy atom. The van der Waals surface area contributed by atoms with Gasteiger partial charge in [-0.25, -0.2) is 0 Å². The average Bonchev–Trinajstić information content (AvgIpc) is 1.95. The third-order valence-corrected chi connectivity index (χ3v) is 7.83. The predicted molar refractivity (Wildman–Crippen MR) is 82.8 cm³/mol. The summed E-state index contributed by atoms with van der Waals surface area (Å²) in [6.07, 6.45) is 0. The van der Waals surface area contributed by atoms with E-state index in [1.165, 1.54) is 5.54 Å². The van der Waals surface area contributed by atoms with E-state index in [-0.39, 0.29) is 0 Å². The standard InChI is InChI=1S/C9H21N2PS2Si/c1-10(2)8(11(3)4)12-9(13)14-15(5,6)7/h1-7H3. The van der Waals surface area contributed by atoms with Gasteiger partial charge in [0, 0.05) is 0 Å². The van der Waals surface area contributed by atoms with Crippen molar-refractivity contribution < 1.29 is 0 Å². The summed E-state index contributed by atoms with van der Waals surface area (Å²) in [4.78, 5) is 4.25. The molecule has 0 aromatic heterocycles. The molecule has 15 heavy (non-hydrogen) atoms. The summed E-state index contributed by atoms with van der Waals surface area (Å²) in [7, 11) is 8.26. The summed E-state index contributed by atoms with van der Waals surface area (Å²) in [6.45, 7) is 6.97. The highest BCUT2D eigenvalue weighted by molar-refractivity contribution is 8.49. The molecule has 88 valence electrons. The minimum Gasteiger partial charge on any atom is -0.268 e.